The standard InChI is InChI=1S/C17H19BrN4O2/c1-2-24-9-5-8-19-16-10-14(12-6-3-4-7-15(12)23)21-17-13(18)11-20-22(16)17/h3-4,6-7,10-11,19,23H,2,5,8-9H2,1H3. The van der Waals surface area contributed by atoms with Gasteiger partial charge in [-0.1, -0.05) is 12.1 Å². The number of benzene rings is 1. The minimum atomic E-state index is 0.201. The number of rotatable bonds is 7. The Bertz CT molecular complexity index is 835. The molecule has 1 aromatic carbocycles. The van der Waals surface area contributed by atoms with Gasteiger partial charge < -0.3 is 15.2 Å². The molecule has 2 N–H and O–H groups in total. The van der Waals surface area contributed by atoms with Crippen LogP contribution in [0.4, 0.5) is 5.82 Å². The van der Waals surface area contributed by atoms with E-state index >= 15 is 0 Å². The van der Waals surface area contributed by atoms with Gasteiger partial charge in [-0.25, -0.2) is 4.98 Å². The van der Waals surface area contributed by atoms with Gasteiger partial charge in [0.1, 0.15) is 11.6 Å². The molecule has 0 atom stereocenters. The van der Waals surface area contributed by atoms with Gasteiger partial charge in [0.2, 0.25) is 0 Å². The van der Waals surface area contributed by atoms with Crippen molar-refractivity contribution in [1.82, 2.24) is 14.6 Å². The lowest BCUT2D eigenvalue weighted by molar-refractivity contribution is 0.147. The Kier molecular flexibility index (Phi) is 5.32. The second-order valence-electron chi connectivity index (χ2n) is 5.25. The minimum absolute atomic E-state index is 0.201. The van der Waals surface area contributed by atoms with E-state index in [-0.39, 0.29) is 5.75 Å². The molecule has 2 aromatic heterocycles. The van der Waals surface area contributed by atoms with E-state index in [2.05, 4.69) is 31.3 Å². The highest BCUT2D eigenvalue weighted by Gasteiger charge is 2.13. The van der Waals surface area contributed by atoms with Crippen molar-refractivity contribution < 1.29 is 9.84 Å². The van der Waals surface area contributed by atoms with E-state index in [4.69, 9.17) is 4.74 Å². The molecule has 0 fully saturated rings. The topological polar surface area (TPSA) is 71.7 Å². The normalized spacial score (nSPS) is 11.1. The summed E-state index contributed by atoms with van der Waals surface area (Å²) in [5.41, 5.74) is 2.07. The first-order valence-corrected chi connectivity index (χ1v) is 8.64. The Morgan fingerprint density at radius 1 is 1.33 bits per heavy atom. The predicted molar refractivity (Wildman–Crippen MR) is 97.4 cm³/mol. The summed E-state index contributed by atoms with van der Waals surface area (Å²) in [6.45, 7) is 4.19. The molecule has 3 aromatic rings. The van der Waals surface area contributed by atoms with Gasteiger partial charge in [0.05, 0.1) is 16.4 Å². The summed E-state index contributed by atoms with van der Waals surface area (Å²) in [6, 6.07) is 9.06. The van der Waals surface area contributed by atoms with Crippen LogP contribution >= 0.6 is 15.9 Å². The number of phenolic OH excluding ortho intramolecular Hbond substituents is 1. The van der Waals surface area contributed by atoms with Gasteiger partial charge in [-0.2, -0.15) is 9.61 Å². The first-order valence-electron chi connectivity index (χ1n) is 7.85. The Morgan fingerprint density at radius 3 is 2.96 bits per heavy atom. The number of anilines is 1. The van der Waals surface area contributed by atoms with Gasteiger partial charge in [0, 0.05) is 31.4 Å². The van der Waals surface area contributed by atoms with Crippen LogP contribution in [0.25, 0.3) is 16.9 Å². The van der Waals surface area contributed by atoms with Crippen molar-refractivity contribution in [3.63, 3.8) is 0 Å². The van der Waals surface area contributed by atoms with Crippen LogP contribution in [0.5, 0.6) is 5.75 Å². The van der Waals surface area contributed by atoms with Crippen molar-refractivity contribution in [2.75, 3.05) is 25.1 Å². The highest BCUT2D eigenvalue weighted by molar-refractivity contribution is 9.10. The zero-order chi connectivity index (χ0) is 16.9. The van der Waals surface area contributed by atoms with Crippen molar-refractivity contribution in [2.24, 2.45) is 0 Å². The molecule has 7 heteroatoms. The van der Waals surface area contributed by atoms with Crippen molar-refractivity contribution >= 4 is 27.4 Å². The number of nitrogens with one attached hydrogen (secondary N) is 1. The van der Waals surface area contributed by atoms with Crippen LogP contribution in [0.15, 0.2) is 41.0 Å². The average Bonchev–Trinajstić information content (AvgIpc) is 2.96. The maximum absolute atomic E-state index is 10.1. The van der Waals surface area contributed by atoms with E-state index in [1.54, 1.807) is 22.8 Å². The number of para-hydroxylation sites is 1. The molecule has 3 rings (SSSR count). The lowest BCUT2D eigenvalue weighted by Gasteiger charge is -2.11. The zero-order valence-corrected chi connectivity index (χ0v) is 15.0. The summed E-state index contributed by atoms with van der Waals surface area (Å²) >= 11 is 3.47. The number of phenols is 1. The monoisotopic (exact) mass is 390 g/mol. The molecular formula is C17H19BrN4O2. The average molecular weight is 391 g/mol. The zero-order valence-electron chi connectivity index (χ0n) is 13.4. The predicted octanol–water partition coefficient (Wildman–Crippen LogP) is 3.70. The number of aromatic hydroxyl groups is 1. The first-order chi connectivity index (χ1) is 11.7. The number of halogens is 1. The van der Waals surface area contributed by atoms with Crippen LogP contribution in [-0.4, -0.2) is 39.5 Å². The number of ether oxygens (including phenoxy) is 1. The molecule has 126 valence electrons. The smallest absolute Gasteiger partial charge is 0.172 e. The number of aromatic nitrogens is 3. The van der Waals surface area contributed by atoms with Crippen LogP contribution in [0.2, 0.25) is 0 Å². The van der Waals surface area contributed by atoms with E-state index in [1.165, 1.54) is 0 Å². The van der Waals surface area contributed by atoms with Gasteiger partial charge >= 0.3 is 0 Å². The van der Waals surface area contributed by atoms with Crippen LogP contribution in [0.3, 0.4) is 0 Å². The summed E-state index contributed by atoms with van der Waals surface area (Å²) < 4.78 is 7.90. The van der Waals surface area contributed by atoms with Crippen molar-refractivity contribution in [3.05, 3.63) is 41.0 Å². The molecule has 2 heterocycles. The van der Waals surface area contributed by atoms with Crippen molar-refractivity contribution in [2.45, 2.75) is 13.3 Å². The van der Waals surface area contributed by atoms with Gasteiger partial charge in [-0.05, 0) is 41.4 Å². The highest BCUT2D eigenvalue weighted by Crippen LogP contribution is 2.30. The molecule has 0 radical (unpaired) electrons. The Hall–Kier alpha value is -2.12. The number of fused-ring (bicyclic) bond motifs is 1. The van der Waals surface area contributed by atoms with Gasteiger partial charge in [-0.3, -0.25) is 0 Å². The lowest BCUT2D eigenvalue weighted by atomic mass is 10.1. The minimum Gasteiger partial charge on any atom is -0.507 e. The summed E-state index contributed by atoms with van der Waals surface area (Å²) in [4.78, 5) is 4.61. The third-order valence-corrected chi connectivity index (χ3v) is 4.14. The summed E-state index contributed by atoms with van der Waals surface area (Å²) in [6.07, 6.45) is 2.61. The molecule has 0 amide bonds. The Balaban J connectivity index is 1.94. The van der Waals surface area contributed by atoms with Crippen molar-refractivity contribution in [1.29, 1.82) is 0 Å². The van der Waals surface area contributed by atoms with Gasteiger partial charge in [0.15, 0.2) is 5.65 Å². The number of hydrogen-bond acceptors (Lipinski definition) is 5. The fourth-order valence-electron chi connectivity index (χ4n) is 2.43. The Morgan fingerprint density at radius 2 is 2.17 bits per heavy atom. The summed E-state index contributed by atoms with van der Waals surface area (Å²) in [7, 11) is 0. The number of nitrogens with zero attached hydrogens (tertiary/aromatic N) is 3. The van der Waals surface area contributed by atoms with Crippen LogP contribution in [0.1, 0.15) is 13.3 Å². The molecule has 0 saturated heterocycles. The maximum Gasteiger partial charge on any atom is 0.172 e. The third kappa shape index (κ3) is 3.52. The summed E-state index contributed by atoms with van der Waals surface area (Å²) in [5.74, 6) is 1.02. The molecule has 0 aliphatic heterocycles. The van der Waals surface area contributed by atoms with E-state index in [0.717, 1.165) is 29.9 Å². The Labute approximate surface area is 148 Å². The molecule has 6 nitrogen and oxygen atoms in total. The maximum atomic E-state index is 10.1. The fourth-order valence-corrected chi connectivity index (χ4v) is 2.77. The molecule has 0 aliphatic carbocycles. The lowest BCUT2D eigenvalue weighted by Crippen LogP contribution is -2.10. The molecular weight excluding hydrogens is 372 g/mol. The van der Waals surface area contributed by atoms with Crippen LogP contribution < -0.4 is 5.32 Å². The number of hydrogen-bond donors (Lipinski definition) is 2. The quantitative estimate of drug-likeness (QED) is 0.601. The molecule has 24 heavy (non-hydrogen) atoms. The van der Waals surface area contributed by atoms with Crippen LogP contribution in [0, 0.1) is 0 Å². The SMILES string of the molecule is CCOCCCNc1cc(-c2ccccc2O)nc2c(Br)cnn12. The molecule has 0 unspecified atom stereocenters. The molecule has 0 spiro atoms. The first kappa shape index (κ1) is 16.7. The van der Waals surface area contributed by atoms with E-state index in [9.17, 15) is 5.11 Å². The molecule has 0 saturated carbocycles. The van der Waals surface area contributed by atoms with Crippen LogP contribution in [-0.2, 0) is 4.74 Å². The van der Waals surface area contributed by atoms with Crippen molar-refractivity contribution in [3.8, 4) is 17.0 Å². The highest BCUT2D eigenvalue weighted by atomic mass is 79.9. The van der Waals surface area contributed by atoms with E-state index in [0.29, 0.717) is 23.5 Å². The fraction of sp³-hybridized carbons (Fsp3) is 0.294. The van der Waals surface area contributed by atoms with Gasteiger partial charge in [-0.15, -0.1) is 0 Å². The summed E-state index contributed by atoms with van der Waals surface area (Å²) in [5, 5.41) is 17.8. The second kappa shape index (κ2) is 7.63. The van der Waals surface area contributed by atoms with E-state index in [1.807, 2.05) is 25.1 Å². The molecule has 0 bridgehead atoms. The largest absolute Gasteiger partial charge is 0.507 e. The molecule has 0 aliphatic rings. The van der Waals surface area contributed by atoms with Gasteiger partial charge in [0.25, 0.3) is 0 Å². The third-order valence-electron chi connectivity index (χ3n) is 3.58. The van der Waals surface area contributed by atoms with E-state index < -0.39 is 0 Å². The second-order valence-corrected chi connectivity index (χ2v) is 6.10.